The largest absolute Gasteiger partial charge is 0.384 e. The molecule has 39 heavy (non-hydrogen) atoms. The molecule has 0 aliphatic heterocycles. The molecule has 0 fully saturated rings. The van der Waals surface area contributed by atoms with E-state index in [0.717, 1.165) is 17.0 Å². The molecule has 2 atom stereocenters. The molecule has 3 aromatic rings. The molecule has 2 heterocycles. The number of nitrogens with one attached hydrogen (secondary N) is 1. The summed E-state index contributed by atoms with van der Waals surface area (Å²) in [6, 6.07) is 10.7. The SMILES string of the molecule is C[C@H](O)C(=O)Nc1ccc(CC(c2ccsc2[N+](=O)[O-])S(=O)(=O)Oc2ccc(N(CCCl)CCCl)cc2)cn1. The third-order valence-corrected chi connectivity index (χ3v) is 8.30. The van der Waals surface area contributed by atoms with Crippen LogP contribution < -0.4 is 14.4 Å². The molecule has 0 saturated heterocycles. The van der Waals surface area contributed by atoms with Gasteiger partial charge in [-0.25, -0.2) is 4.98 Å². The Balaban J connectivity index is 1.88. The number of alkyl halides is 2. The van der Waals surface area contributed by atoms with E-state index >= 15 is 0 Å². The predicted molar refractivity (Wildman–Crippen MR) is 152 cm³/mol. The maximum Gasteiger partial charge on any atom is 0.328 e. The molecule has 3 rings (SSSR count). The van der Waals surface area contributed by atoms with Crippen LogP contribution in [0.3, 0.4) is 0 Å². The Morgan fingerprint density at radius 1 is 1.18 bits per heavy atom. The number of carbonyl (C=O) groups excluding carboxylic acids is 1. The van der Waals surface area contributed by atoms with Crippen LogP contribution >= 0.6 is 34.5 Å². The number of carbonyl (C=O) groups is 1. The number of halogens is 2. The highest BCUT2D eigenvalue weighted by molar-refractivity contribution is 7.87. The van der Waals surface area contributed by atoms with E-state index in [1.54, 1.807) is 12.1 Å². The van der Waals surface area contributed by atoms with E-state index in [9.17, 15) is 28.4 Å². The van der Waals surface area contributed by atoms with Crippen LogP contribution in [-0.4, -0.2) is 60.3 Å². The third-order valence-electron chi connectivity index (χ3n) is 5.54. The molecule has 11 nitrogen and oxygen atoms in total. The second-order valence-electron chi connectivity index (χ2n) is 8.28. The Hall–Kier alpha value is -2.97. The van der Waals surface area contributed by atoms with Gasteiger partial charge in [0.05, 0.1) is 10.5 Å². The van der Waals surface area contributed by atoms with Gasteiger partial charge < -0.3 is 19.5 Å². The van der Waals surface area contributed by atoms with Crippen LogP contribution in [0.25, 0.3) is 0 Å². The summed E-state index contributed by atoms with van der Waals surface area (Å²) < 4.78 is 32.4. The summed E-state index contributed by atoms with van der Waals surface area (Å²) in [4.78, 5) is 28.7. The van der Waals surface area contributed by atoms with E-state index in [-0.39, 0.29) is 28.6 Å². The monoisotopic (exact) mass is 616 g/mol. The first-order valence-corrected chi connectivity index (χ1v) is 15.0. The van der Waals surface area contributed by atoms with E-state index in [4.69, 9.17) is 27.4 Å². The van der Waals surface area contributed by atoms with Gasteiger partial charge in [-0.05, 0) is 60.7 Å². The van der Waals surface area contributed by atoms with Crippen molar-refractivity contribution >= 4 is 67.1 Å². The fraction of sp³-hybridized carbons (Fsp3) is 0.333. The molecule has 0 saturated carbocycles. The van der Waals surface area contributed by atoms with E-state index in [0.29, 0.717) is 30.4 Å². The van der Waals surface area contributed by atoms with Crippen LogP contribution in [0.1, 0.15) is 23.3 Å². The Kier molecular flexibility index (Phi) is 10.9. The quantitative estimate of drug-likeness (QED) is 0.116. The Morgan fingerprint density at radius 2 is 1.85 bits per heavy atom. The van der Waals surface area contributed by atoms with E-state index in [1.165, 1.54) is 48.8 Å². The van der Waals surface area contributed by atoms with Gasteiger partial charge in [0.2, 0.25) is 0 Å². The summed E-state index contributed by atoms with van der Waals surface area (Å²) in [5.41, 5.74) is 1.19. The lowest BCUT2D eigenvalue weighted by Gasteiger charge is -2.23. The molecule has 0 bridgehead atoms. The van der Waals surface area contributed by atoms with Crippen molar-refractivity contribution in [2.24, 2.45) is 0 Å². The summed E-state index contributed by atoms with van der Waals surface area (Å²) in [7, 11) is -4.43. The number of aliphatic hydroxyl groups is 1. The maximum atomic E-state index is 13.5. The number of pyridine rings is 1. The zero-order chi connectivity index (χ0) is 28.6. The number of thiophene rings is 1. The van der Waals surface area contributed by atoms with Crippen molar-refractivity contribution in [2.45, 2.75) is 24.7 Å². The van der Waals surface area contributed by atoms with Gasteiger partial charge in [0.25, 0.3) is 5.91 Å². The number of hydrogen-bond acceptors (Lipinski definition) is 10. The van der Waals surface area contributed by atoms with Gasteiger partial charge in [-0.2, -0.15) is 8.42 Å². The van der Waals surface area contributed by atoms with Gasteiger partial charge in [0, 0.05) is 36.7 Å². The minimum Gasteiger partial charge on any atom is -0.384 e. The highest BCUT2D eigenvalue weighted by Crippen LogP contribution is 2.38. The van der Waals surface area contributed by atoms with Gasteiger partial charge in [0.1, 0.15) is 22.9 Å². The normalized spacial score (nSPS) is 12.9. The standard InChI is InChI=1S/C24H26Cl2N4O7S2/c1-16(31)23(32)28-22-7-2-17(15-27-22)14-21(20-8-13-38-24(20)30(33)34)39(35,36)37-19-5-3-18(4-6-19)29(11-9-25)12-10-26/h2-8,13,15-16,21,31H,9-12,14H2,1H3,(H,27,28,32)/t16-,21?/m0/s1. The van der Waals surface area contributed by atoms with Crippen LogP contribution in [0, 0.1) is 10.1 Å². The minimum absolute atomic E-state index is 0.0106. The zero-order valence-electron chi connectivity index (χ0n) is 20.7. The number of nitro groups is 1. The highest BCUT2D eigenvalue weighted by Gasteiger charge is 2.36. The fourth-order valence-electron chi connectivity index (χ4n) is 3.61. The van der Waals surface area contributed by atoms with Gasteiger partial charge in [-0.3, -0.25) is 14.9 Å². The number of nitrogens with zero attached hydrogens (tertiary/aromatic N) is 3. The van der Waals surface area contributed by atoms with Crippen molar-refractivity contribution in [3.63, 3.8) is 0 Å². The molecule has 2 N–H and O–H groups in total. The molecule has 1 amide bonds. The zero-order valence-corrected chi connectivity index (χ0v) is 23.8. The van der Waals surface area contributed by atoms with Gasteiger partial charge >= 0.3 is 15.1 Å². The van der Waals surface area contributed by atoms with Gasteiger partial charge in [-0.15, -0.1) is 23.2 Å². The summed E-state index contributed by atoms with van der Waals surface area (Å²) in [6.07, 6.45) is -0.0836. The first-order valence-electron chi connectivity index (χ1n) is 11.6. The highest BCUT2D eigenvalue weighted by atomic mass is 35.5. The summed E-state index contributed by atoms with van der Waals surface area (Å²) in [5, 5.41) is 23.1. The van der Waals surface area contributed by atoms with Crippen molar-refractivity contribution in [1.29, 1.82) is 0 Å². The van der Waals surface area contributed by atoms with Crippen molar-refractivity contribution in [3.05, 3.63) is 75.3 Å². The smallest absolute Gasteiger partial charge is 0.328 e. The molecule has 15 heteroatoms. The molecule has 210 valence electrons. The van der Waals surface area contributed by atoms with Crippen LogP contribution in [-0.2, 0) is 21.3 Å². The molecular formula is C24H26Cl2N4O7S2. The molecular weight excluding hydrogens is 591 g/mol. The molecule has 0 aliphatic rings. The predicted octanol–water partition coefficient (Wildman–Crippen LogP) is 4.35. The number of amides is 1. The number of aromatic nitrogens is 1. The Morgan fingerprint density at radius 3 is 2.38 bits per heavy atom. The van der Waals surface area contributed by atoms with Crippen molar-refractivity contribution in [1.82, 2.24) is 4.98 Å². The van der Waals surface area contributed by atoms with Crippen molar-refractivity contribution in [2.75, 3.05) is 35.1 Å². The van der Waals surface area contributed by atoms with Gasteiger partial charge in [-0.1, -0.05) is 17.4 Å². The fourth-order valence-corrected chi connectivity index (χ4v) is 6.27. The molecule has 2 aromatic heterocycles. The second kappa shape index (κ2) is 13.9. The summed E-state index contributed by atoms with van der Waals surface area (Å²) >= 11 is 12.5. The first kappa shape index (κ1) is 30.6. The lowest BCUT2D eigenvalue weighted by atomic mass is 10.1. The average Bonchev–Trinajstić information content (AvgIpc) is 3.38. The lowest BCUT2D eigenvalue weighted by molar-refractivity contribution is -0.380. The lowest BCUT2D eigenvalue weighted by Crippen LogP contribution is -2.27. The van der Waals surface area contributed by atoms with Crippen LogP contribution in [0.5, 0.6) is 5.75 Å². The van der Waals surface area contributed by atoms with Crippen molar-refractivity contribution in [3.8, 4) is 5.75 Å². The molecule has 1 unspecified atom stereocenters. The molecule has 0 aliphatic carbocycles. The van der Waals surface area contributed by atoms with Crippen LogP contribution in [0.15, 0.2) is 54.0 Å². The molecule has 0 spiro atoms. The van der Waals surface area contributed by atoms with E-state index in [2.05, 4.69) is 10.3 Å². The first-order chi connectivity index (χ1) is 18.6. The summed E-state index contributed by atoms with van der Waals surface area (Å²) in [5.74, 6) is 0.296. The third kappa shape index (κ3) is 8.26. The number of aliphatic hydroxyl groups excluding tert-OH is 1. The van der Waals surface area contributed by atoms with Gasteiger partial charge in [0.15, 0.2) is 0 Å². The number of hydrogen-bond donors (Lipinski definition) is 2. The maximum absolute atomic E-state index is 13.5. The van der Waals surface area contributed by atoms with Crippen LogP contribution in [0.2, 0.25) is 0 Å². The minimum atomic E-state index is -4.43. The van der Waals surface area contributed by atoms with E-state index in [1.807, 2.05) is 4.90 Å². The second-order valence-corrected chi connectivity index (χ2v) is 11.7. The topological polar surface area (TPSA) is 152 Å². The Labute approximate surface area is 239 Å². The number of benzene rings is 1. The van der Waals surface area contributed by atoms with Crippen LogP contribution in [0.4, 0.5) is 16.5 Å². The molecule has 1 aromatic carbocycles. The number of anilines is 2. The van der Waals surface area contributed by atoms with E-state index < -0.39 is 32.3 Å². The summed E-state index contributed by atoms with van der Waals surface area (Å²) in [6.45, 7) is 2.40. The number of rotatable bonds is 14. The van der Waals surface area contributed by atoms with Crippen molar-refractivity contribution < 1.29 is 27.4 Å². The Bertz CT molecular complexity index is 1360. The average molecular weight is 618 g/mol. The molecule has 0 radical (unpaired) electrons.